The van der Waals surface area contributed by atoms with Crippen molar-refractivity contribution in [1.29, 1.82) is 0 Å². The molecule has 0 radical (unpaired) electrons. The number of aliphatic hydroxyl groups excluding tert-OH is 1. The molecule has 8 heterocycles. The van der Waals surface area contributed by atoms with E-state index in [0.29, 0.717) is 55.6 Å². The van der Waals surface area contributed by atoms with E-state index >= 15 is 0 Å². The first-order chi connectivity index (χ1) is 46.2. The summed E-state index contributed by atoms with van der Waals surface area (Å²) in [6.45, 7) is 21.2. The first-order valence-electron chi connectivity index (χ1n) is 35.9. The molecule has 12 aliphatic rings. The minimum atomic E-state index is -1.34. The molecule has 4 aliphatic carbocycles. The highest BCUT2D eigenvalue weighted by molar-refractivity contribution is 5.96. The summed E-state index contributed by atoms with van der Waals surface area (Å²) in [5, 5.41) is 24.7. The highest BCUT2D eigenvalue weighted by Crippen LogP contribution is 2.68. The van der Waals surface area contributed by atoms with Crippen LogP contribution in [-0.2, 0) is 114 Å². The van der Waals surface area contributed by atoms with Crippen molar-refractivity contribution in [1.82, 2.24) is 0 Å². The molecule has 26 nitrogen and oxygen atoms in total. The van der Waals surface area contributed by atoms with Crippen LogP contribution in [0, 0.1) is 28.6 Å². The Morgan fingerprint density at radius 2 is 1.19 bits per heavy atom. The van der Waals surface area contributed by atoms with Crippen molar-refractivity contribution in [3.8, 4) is 0 Å². The van der Waals surface area contributed by atoms with Gasteiger partial charge in [-0.15, -0.1) is 0 Å². The second kappa shape index (κ2) is 30.3. The van der Waals surface area contributed by atoms with E-state index in [-0.39, 0.29) is 48.3 Å². The molecule has 1 spiro atoms. The summed E-state index contributed by atoms with van der Waals surface area (Å²) >= 11 is 0. The Bertz CT molecular complexity index is 2730. The highest BCUT2D eigenvalue weighted by atomic mass is 17.2. The number of fused-ring (bicyclic) bond motifs is 6. The largest absolute Gasteiger partial charge is 0.493 e. The third kappa shape index (κ3) is 14.9. The minimum absolute atomic E-state index is 0.0156. The second-order valence-corrected chi connectivity index (χ2v) is 30.3. The molecule has 97 heavy (non-hydrogen) atoms. The maximum Gasteiger partial charge on any atom is 0.303 e. The maximum atomic E-state index is 13.1. The number of aliphatic hydroxyl groups is 2. The Morgan fingerprint density at radius 1 is 0.629 bits per heavy atom. The Kier molecular flexibility index (Phi) is 23.2. The van der Waals surface area contributed by atoms with Gasteiger partial charge < -0.3 is 105 Å². The topological polar surface area (TPSA) is 278 Å². The van der Waals surface area contributed by atoms with Crippen LogP contribution in [0.4, 0.5) is 0 Å². The molecule has 2 N–H and O–H groups in total. The van der Waals surface area contributed by atoms with Gasteiger partial charge in [-0.25, -0.2) is 4.89 Å². The third-order valence-corrected chi connectivity index (χ3v) is 24.5. The molecule has 12 rings (SSSR count). The Hall–Kier alpha value is -2.46. The van der Waals surface area contributed by atoms with Gasteiger partial charge in [0, 0.05) is 79.3 Å². The molecule has 8 aliphatic heterocycles. The van der Waals surface area contributed by atoms with E-state index in [1.54, 1.807) is 34.5 Å². The SMILES string of the molecule is COC1=C[C@@H](C)O[C@H](O[C@H]2CC[C@@]3(C)C(=CC[C@@H]4[C@@H]3CC[C@@]3(C)[C@H]4CC[C@]3(O)[C@H](C)O[C@H]3C[C@H]4OC[C@]5(C[C@@H](OC)[C@H](O[C@H]6C[C@H](OC)[C@H](O[C@H]7C[C@@H](O)[C@H](O[C@H]8C[C@H](OC)[C@H](O[C@H]9C[C@H](OC)[C@H](OC(C)=O)[C@@H](C)O9)[C@@H](C)O8)[C@@H](C)O7)[C@@H](C)O6)[C@@H](C)O5)OO[C@@H]4[C@@H](C)O3)C2)C1=O. The molecule has 10 fully saturated rings. The molecule has 0 aromatic carbocycles. The molecular weight excluding hydrogens is 1270 g/mol. The van der Waals surface area contributed by atoms with Crippen LogP contribution >= 0.6 is 0 Å². The number of hydrogen-bond donors (Lipinski definition) is 2. The van der Waals surface area contributed by atoms with Crippen molar-refractivity contribution in [2.24, 2.45) is 28.6 Å². The fourth-order valence-electron chi connectivity index (χ4n) is 19.2. The zero-order chi connectivity index (χ0) is 69.2. The van der Waals surface area contributed by atoms with Gasteiger partial charge in [-0.3, -0.25) is 9.59 Å². The van der Waals surface area contributed by atoms with Crippen LogP contribution in [0.2, 0.25) is 0 Å². The average Bonchev–Trinajstić information content (AvgIpc) is 1.61. The van der Waals surface area contributed by atoms with Crippen LogP contribution in [0.1, 0.15) is 166 Å². The predicted octanol–water partition coefficient (Wildman–Crippen LogP) is 7.10. The number of ether oxygens (including phenoxy) is 20. The lowest BCUT2D eigenvalue weighted by Gasteiger charge is -2.59. The molecule has 0 unspecified atom stereocenters. The van der Waals surface area contributed by atoms with Gasteiger partial charge in [0.15, 0.2) is 43.3 Å². The van der Waals surface area contributed by atoms with Gasteiger partial charge in [0.05, 0.1) is 98.2 Å². The van der Waals surface area contributed by atoms with Crippen molar-refractivity contribution < 1.29 is 124 Å². The van der Waals surface area contributed by atoms with Crippen LogP contribution in [0.15, 0.2) is 23.5 Å². The fraction of sp³-hybridized carbons (Fsp3) is 0.915. The summed E-state index contributed by atoms with van der Waals surface area (Å²) in [7, 11) is 7.91. The lowest BCUT2D eigenvalue weighted by Crippen LogP contribution is -2.60. The zero-order valence-electron chi connectivity index (χ0n) is 59.8. The van der Waals surface area contributed by atoms with Gasteiger partial charge in [0.2, 0.25) is 12.1 Å². The van der Waals surface area contributed by atoms with Crippen molar-refractivity contribution in [3.63, 3.8) is 0 Å². The van der Waals surface area contributed by atoms with E-state index in [4.69, 9.17) is 105 Å². The van der Waals surface area contributed by atoms with E-state index < -0.39 is 171 Å². The molecule has 0 aromatic heterocycles. The summed E-state index contributed by atoms with van der Waals surface area (Å²) in [5.74, 6) is -0.508. The number of hydrogen-bond acceptors (Lipinski definition) is 26. The number of ketones is 1. The predicted molar refractivity (Wildman–Crippen MR) is 339 cm³/mol. The standard InChI is InChI=1S/C71H112O26/c1-34-25-49(76-12)60(74)67(82-34)90-44-19-22-68(10)43(26-44)17-18-45-46(68)20-23-69(11)47(45)21-24-71(69,75)41(8)88-56-31-53-66(39(6)87-56)96-97-70(33-81-53)32-54(80-16)65(40(7)95-70)94-59-30-52(79-15)63(37(4)86-59)92-55-27-48(73)61(35(2)83-55)91-57-29-51(78-14)64(38(5)85-57)93-58-28-50(77-13)62(36(3)84-58)89-42(9)72/h17,25,34-41,44-48,50-59,61-67,73,75H,18-24,26-33H2,1-16H3/t34-,35-,36-,37-,38-,39-,40-,41+,44+,45-,46+,47+,48-,50+,51+,52+,53-,54-,55+,56+,57+,58+,59+,61-,62-,63-,64-,65-,66-,67-,68+,69+,70+,71+/m1/s1. The van der Waals surface area contributed by atoms with E-state index in [0.717, 1.165) is 44.9 Å². The van der Waals surface area contributed by atoms with E-state index in [9.17, 15) is 19.8 Å². The Morgan fingerprint density at radius 3 is 1.78 bits per heavy atom. The normalized spacial score (nSPS) is 50.6. The van der Waals surface area contributed by atoms with Gasteiger partial charge in [0.1, 0.15) is 43.2 Å². The van der Waals surface area contributed by atoms with E-state index in [2.05, 4.69) is 19.9 Å². The molecule has 26 heteroatoms. The molecular formula is C71H112O26. The number of allylic oxidation sites excluding steroid dienone is 1. The Labute approximate surface area is 571 Å². The first-order valence-corrected chi connectivity index (χ1v) is 35.9. The number of rotatable bonds is 19. The van der Waals surface area contributed by atoms with Crippen molar-refractivity contribution in [3.05, 3.63) is 23.5 Å². The van der Waals surface area contributed by atoms with E-state index in [1.165, 1.54) is 19.6 Å². The maximum absolute atomic E-state index is 13.1. The van der Waals surface area contributed by atoms with Gasteiger partial charge in [-0.2, -0.15) is 4.89 Å². The highest BCUT2D eigenvalue weighted by Gasteiger charge is 2.66. The first kappa shape index (κ1) is 74.3. The van der Waals surface area contributed by atoms with E-state index in [1.807, 2.05) is 55.4 Å². The van der Waals surface area contributed by atoms with Gasteiger partial charge in [-0.05, 0) is 136 Å². The summed E-state index contributed by atoms with van der Waals surface area (Å²) in [6.07, 6.45) is -2.89. The molecule has 552 valence electrons. The Balaban J connectivity index is 0.597. The molecule has 7 saturated heterocycles. The van der Waals surface area contributed by atoms with Crippen molar-refractivity contribution in [2.45, 2.75) is 343 Å². The van der Waals surface area contributed by atoms with Crippen molar-refractivity contribution in [2.75, 3.05) is 42.2 Å². The minimum Gasteiger partial charge on any atom is -0.493 e. The summed E-state index contributed by atoms with van der Waals surface area (Å²) in [4.78, 5) is 37.4. The number of carbonyl (C=O) groups excluding carboxylic acids is 2. The van der Waals surface area contributed by atoms with Gasteiger partial charge >= 0.3 is 5.97 Å². The number of Topliss-reactive ketones (excluding diaryl/α,β-unsaturated/α-hetero) is 1. The monoisotopic (exact) mass is 1380 g/mol. The molecule has 0 amide bonds. The third-order valence-electron chi connectivity index (χ3n) is 24.5. The van der Waals surface area contributed by atoms with Crippen molar-refractivity contribution >= 4 is 11.8 Å². The van der Waals surface area contributed by atoms with Crippen LogP contribution in [-0.4, -0.2) is 241 Å². The molecule has 0 bridgehead atoms. The average molecular weight is 1380 g/mol. The molecule has 3 saturated carbocycles. The smallest absolute Gasteiger partial charge is 0.303 e. The van der Waals surface area contributed by atoms with Crippen LogP contribution in [0.25, 0.3) is 0 Å². The quantitative estimate of drug-likeness (QED) is 0.0741. The van der Waals surface area contributed by atoms with Gasteiger partial charge in [0.25, 0.3) is 5.78 Å². The molecule has 34 atom stereocenters. The van der Waals surface area contributed by atoms with Crippen LogP contribution in [0.3, 0.4) is 0 Å². The van der Waals surface area contributed by atoms with Gasteiger partial charge in [-0.1, -0.05) is 25.5 Å². The second-order valence-electron chi connectivity index (χ2n) is 30.3. The van der Waals surface area contributed by atoms with Crippen LogP contribution in [0.5, 0.6) is 0 Å². The van der Waals surface area contributed by atoms with Crippen LogP contribution < -0.4 is 0 Å². The number of esters is 1. The summed E-state index contributed by atoms with van der Waals surface area (Å²) in [6, 6.07) is 0. The lowest BCUT2D eigenvalue weighted by molar-refractivity contribution is -0.472. The molecule has 0 aromatic rings. The number of carbonyl (C=O) groups is 2. The lowest BCUT2D eigenvalue weighted by atomic mass is 9.46. The number of methoxy groups -OCH3 is 5. The summed E-state index contributed by atoms with van der Waals surface area (Å²) < 4.78 is 125. The zero-order valence-corrected chi connectivity index (χ0v) is 59.8. The fourth-order valence-corrected chi connectivity index (χ4v) is 19.2. The summed E-state index contributed by atoms with van der Waals surface area (Å²) in [5.41, 5.74) is -0.0108.